The maximum atomic E-state index is 11.4. The van der Waals surface area contributed by atoms with Crippen LogP contribution in [0.4, 0.5) is 5.69 Å². The van der Waals surface area contributed by atoms with Crippen molar-refractivity contribution in [3.63, 3.8) is 0 Å². The second-order valence-corrected chi connectivity index (χ2v) is 7.27. The average molecular weight is 393 g/mol. The van der Waals surface area contributed by atoms with E-state index in [1.165, 1.54) is 13.2 Å². The number of nitrogens with one attached hydrogen (secondary N) is 1. The van der Waals surface area contributed by atoms with E-state index >= 15 is 0 Å². The quantitative estimate of drug-likeness (QED) is 0.520. The van der Waals surface area contributed by atoms with Gasteiger partial charge in [-0.15, -0.1) is 0 Å². The van der Waals surface area contributed by atoms with Crippen LogP contribution in [0.3, 0.4) is 0 Å². The van der Waals surface area contributed by atoms with Crippen LogP contribution in [0.15, 0.2) is 39.5 Å². The smallest absolute Gasteiger partial charge is 0.336 e. The summed E-state index contributed by atoms with van der Waals surface area (Å²) in [4.78, 5) is 11.4. The molecule has 1 unspecified atom stereocenters. The van der Waals surface area contributed by atoms with Crippen LogP contribution in [0, 0.1) is 0 Å². The number of ether oxygens (including phenoxy) is 4. The molecule has 1 aliphatic heterocycles. The van der Waals surface area contributed by atoms with Gasteiger partial charge in [-0.3, -0.25) is 0 Å². The maximum Gasteiger partial charge on any atom is 0.336 e. The zero-order valence-electron chi connectivity index (χ0n) is 16.5. The molecular formula is C20H27NO7. The van der Waals surface area contributed by atoms with Crippen LogP contribution in [0.2, 0.25) is 0 Å². The van der Waals surface area contributed by atoms with Gasteiger partial charge in [0, 0.05) is 36.9 Å². The molecule has 2 heterocycles. The van der Waals surface area contributed by atoms with Crippen LogP contribution in [0.5, 0.6) is 0 Å². The lowest BCUT2D eigenvalue weighted by Crippen LogP contribution is -2.43. The minimum absolute atomic E-state index is 0.317. The molecule has 1 aromatic heterocycles. The molecule has 8 heteroatoms. The lowest BCUT2D eigenvalue weighted by Gasteiger charge is -2.29. The molecule has 154 valence electrons. The second kappa shape index (κ2) is 8.59. The molecule has 0 bridgehead atoms. The first-order valence-corrected chi connectivity index (χ1v) is 9.23. The monoisotopic (exact) mass is 393 g/mol. The topological polar surface area (TPSA) is 99.4 Å². The Hall–Kier alpha value is -1.97. The van der Waals surface area contributed by atoms with Gasteiger partial charge in [0.2, 0.25) is 0 Å². The summed E-state index contributed by atoms with van der Waals surface area (Å²) in [6.07, 6.45) is -2.39. The number of hydrogen-bond acceptors (Lipinski definition) is 8. The van der Waals surface area contributed by atoms with Crippen molar-refractivity contribution in [3.05, 3.63) is 40.8 Å². The highest BCUT2D eigenvalue weighted by Crippen LogP contribution is 2.26. The Bertz CT molecular complexity index is 848. The van der Waals surface area contributed by atoms with Crippen molar-refractivity contribution < 1.29 is 28.5 Å². The zero-order valence-corrected chi connectivity index (χ0v) is 16.5. The van der Waals surface area contributed by atoms with E-state index in [1.807, 2.05) is 26.0 Å². The molecule has 1 aromatic carbocycles. The highest BCUT2D eigenvalue weighted by molar-refractivity contribution is 5.80. The summed E-state index contributed by atoms with van der Waals surface area (Å²) in [5, 5.41) is 14.2. The van der Waals surface area contributed by atoms with E-state index in [-0.39, 0.29) is 0 Å². The number of aliphatic hydroxyl groups is 1. The molecule has 0 aliphatic carbocycles. The Labute approximate surface area is 163 Å². The number of anilines is 1. The summed E-state index contributed by atoms with van der Waals surface area (Å²) < 4.78 is 27.9. The van der Waals surface area contributed by atoms with Gasteiger partial charge < -0.3 is 33.8 Å². The van der Waals surface area contributed by atoms with Gasteiger partial charge in [0.05, 0.1) is 12.7 Å². The molecule has 2 aromatic rings. The SMILES string of the molecule is CO[C@@H](OC(CNc1ccc2ccc(=O)oc2c1)[C@@H](C)O)[C@@H]1COC(C)(C)O1. The van der Waals surface area contributed by atoms with Crippen LogP contribution >= 0.6 is 0 Å². The Morgan fingerprint density at radius 1 is 1.32 bits per heavy atom. The molecule has 2 N–H and O–H groups in total. The lowest BCUT2D eigenvalue weighted by molar-refractivity contribution is -0.234. The molecule has 1 saturated heterocycles. The summed E-state index contributed by atoms with van der Waals surface area (Å²) in [5.74, 6) is -0.696. The van der Waals surface area contributed by atoms with E-state index in [0.29, 0.717) is 18.7 Å². The van der Waals surface area contributed by atoms with Crippen molar-refractivity contribution in [3.8, 4) is 0 Å². The van der Waals surface area contributed by atoms with Crippen molar-refractivity contribution >= 4 is 16.7 Å². The molecular weight excluding hydrogens is 366 g/mol. The summed E-state index contributed by atoms with van der Waals surface area (Å²) >= 11 is 0. The van der Waals surface area contributed by atoms with Gasteiger partial charge in [0.1, 0.15) is 17.8 Å². The molecule has 3 rings (SSSR count). The van der Waals surface area contributed by atoms with Crippen LogP contribution < -0.4 is 10.9 Å². The second-order valence-electron chi connectivity index (χ2n) is 7.27. The zero-order chi connectivity index (χ0) is 20.3. The van der Waals surface area contributed by atoms with Crippen molar-refractivity contribution in [2.24, 2.45) is 0 Å². The summed E-state index contributed by atoms with van der Waals surface area (Å²) in [6, 6.07) is 8.54. The van der Waals surface area contributed by atoms with E-state index in [4.69, 9.17) is 23.4 Å². The van der Waals surface area contributed by atoms with Crippen LogP contribution in [-0.2, 0) is 18.9 Å². The van der Waals surface area contributed by atoms with Gasteiger partial charge in [-0.05, 0) is 39.0 Å². The predicted octanol–water partition coefficient (Wildman–Crippen LogP) is 2.09. The highest BCUT2D eigenvalue weighted by atomic mass is 16.8. The minimum atomic E-state index is -0.751. The molecule has 4 atom stereocenters. The van der Waals surface area contributed by atoms with Crippen molar-refractivity contribution in [1.82, 2.24) is 0 Å². The van der Waals surface area contributed by atoms with Crippen molar-refractivity contribution in [1.29, 1.82) is 0 Å². The molecule has 8 nitrogen and oxygen atoms in total. The van der Waals surface area contributed by atoms with Crippen LogP contribution in [0.25, 0.3) is 11.0 Å². The molecule has 0 amide bonds. The van der Waals surface area contributed by atoms with Crippen molar-refractivity contribution in [2.45, 2.75) is 51.2 Å². The van der Waals surface area contributed by atoms with Gasteiger partial charge in [-0.25, -0.2) is 4.79 Å². The maximum absolute atomic E-state index is 11.4. The standard InChI is InChI=1S/C20H27NO7/c1-12(22)16(27-19(24-4)17-11-25-20(2,3)28-17)10-21-14-7-5-13-6-8-18(23)26-15(13)9-14/h5-9,12,16-17,19,21-22H,10-11H2,1-4H3/t12-,16?,17+,19+/m1/s1. The predicted molar refractivity (Wildman–Crippen MR) is 103 cm³/mol. The third kappa shape index (κ3) is 5.09. The number of aliphatic hydroxyl groups excluding tert-OH is 1. The van der Waals surface area contributed by atoms with E-state index in [9.17, 15) is 9.90 Å². The van der Waals surface area contributed by atoms with Gasteiger partial charge in [-0.2, -0.15) is 0 Å². The summed E-state index contributed by atoms with van der Waals surface area (Å²) in [6.45, 7) is 5.96. The fraction of sp³-hybridized carbons (Fsp3) is 0.550. The fourth-order valence-corrected chi connectivity index (χ4v) is 3.04. The summed E-state index contributed by atoms with van der Waals surface area (Å²) in [7, 11) is 1.53. The van der Waals surface area contributed by atoms with Crippen LogP contribution in [0.1, 0.15) is 20.8 Å². The molecule has 1 fully saturated rings. The number of hydrogen-bond donors (Lipinski definition) is 2. The molecule has 1 aliphatic rings. The van der Waals surface area contributed by atoms with Gasteiger partial charge in [-0.1, -0.05) is 0 Å². The Morgan fingerprint density at radius 2 is 2.07 bits per heavy atom. The normalized spacial score (nSPS) is 22.1. The molecule has 0 radical (unpaired) electrons. The minimum Gasteiger partial charge on any atom is -0.423 e. The number of methoxy groups -OCH3 is 1. The molecule has 0 saturated carbocycles. The largest absolute Gasteiger partial charge is 0.423 e. The van der Waals surface area contributed by atoms with Gasteiger partial charge in [0.15, 0.2) is 12.1 Å². The highest BCUT2D eigenvalue weighted by Gasteiger charge is 2.39. The summed E-state index contributed by atoms with van der Waals surface area (Å²) in [5.41, 5.74) is 0.826. The van der Waals surface area contributed by atoms with Crippen LogP contribution in [-0.4, -0.2) is 55.8 Å². The van der Waals surface area contributed by atoms with Gasteiger partial charge in [0.25, 0.3) is 0 Å². The third-order valence-electron chi connectivity index (χ3n) is 4.54. The number of rotatable bonds is 8. The van der Waals surface area contributed by atoms with Crippen molar-refractivity contribution in [2.75, 3.05) is 25.6 Å². The van der Waals surface area contributed by atoms with E-state index in [0.717, 1.165) is 11.1 Å². The Kier molecular flexibility index (Phi) is 6.36. The molecule has 0 spiro atoms. The Balaban J connectivity index is 1.65. The first kappa shape index (κ1) is 20.8. The number of benzene rings is 1. The first-order chi connectivity index (χ1) is 13.3. The lowest BCUT2D eigenvalue weighted by atomic mass is 10.2. The van der Waals surface area contributed by atoms with E-state index in [1.54, 1.807) is 19.1 Å². The number of fused-ring (bicyclic) bond motifs is 1. The van der Waals surface area contributed by atoms with Gasteiger partial charge >= 0.3 is 5.63 Å². The first-order valence-electron chi connectivity index (χ1n) is 9.23. The average Bonchev–Trinajstić information content (AvgIpc) is 3.00. The molecule has 28 heavy (non-hydrogen) atoms. The van der Waals surface area contributed by atoms with E-state index < -0.39 is 36.0 Å². The Morgan fingerprint density at radius 3 is 2.71 bits per heavy atom. The van der Waals surface area contributed by atoms with E-state index in [2.05, 4.69) is 5.32 Å². The fourth-order valence-electron chi connectivity index (χ4n) is 3.04. The third-order valence-corrected chi connectivity index (χ3v) is 4.54.